The largest absolute Gasteiger partial charge is 0.399 e. The van der Waals surface area contributed by atoms with E-state index in [-0.39, 0.29) is 12.3 Å². The molecule has 59 heavy (non-hydrogen) atoms. The molecule has 8 N–H and O–H groups in total. The van der Waals surface area contributed by atoms with Crippen molar-refractivity contribution >= 4 is 41.2 Å². The predicted molar refractivity (Wildman–Crippen MR) is 258 cm³/mol. The highest BCUT2D eigenvalue weighted by Crippen LogP contribution is 2.35. The molecule has 0 aliphatic rings. The Bertz CT molecular complexity index is 2190. The number of nitrogens with two attached hydrogens (primary N) is 1. The monoisotopic (exact) mass is 785 g/mol. The first kappa shape index (κ1) is 48.6. The smallest absolute Gasteiger partial charge is 0.150 e. The highest BCUT2D eigenvalue weighted by atomic mass is 16.1. The zero-order valence-electron chi connectivity index (χ0n) is 36.6. The Balaban J connectivity index is 0.000000346. The Morgan fingerprint density at radius 2 is 0.678 bits per heavy atom. The molecular formula is C54H64N4O. The Labute approximate surface area is 354 Å². The number of aryl methyl sites for hydroxylation is 9. The lowest BCUT2D eigenvalue weighted by Gasteiger charge is -2.25. The number of hydrogen-bond donors (Lipinski definition) is 3. The number of nitrogen functional groups attached to an aromatic ring is 1. The average molecular weight is 785 g/mol. The molecule has 0 bridgehead atoms. The summed E-state index contributed by atoms with van der Waals surface area (Å²) in [5.74, 6) is 0. The van der Waals surface area contributed by atoms with Gasteiger partial charge in [0, 0.05) is 28.3 Å². The van der Waals surface area contributed by atoms with Crippen LogP contribution in [-0.2, 0) is 0 Å². The van der Waals surface area contributed by atoms with Gasteiger partial charge in [0.2, 0.25) is 0 Å². The van der Waals surface area contributed by atoms with Gasteiger partial charge >= 0.3 is 0 Å². The van der Waals surface area contributed by atoms with Crippen LogP contribution in [0.15, 0.2) is 158 Å². The number of benzene rings is 7. The van der Waals surface area contributed by atoms with Crippen LogP contribution in [0.1, 0.15) is 71.6 Å². The molecule has 0 fully saturated rings. The van der Waals surface area contributed by atoms with E-state index in [1.165, 1.54) is 55.6 Å². The van der Waals surface area contributed by atoms with Gasteiger partial charge in [-0.25, -0.2) is 0 Å². The van der Waals surface area contributed by atoms with Gasteiger partial charge in [0.1, 0.15) is 6.29 Å². The molecule has 0 spiro atoms. The first-order valence-corrected chi connectivity index (χ1v) is 19.5. The molecule has 5 heteroatoms. The maximum absolute atomic E-state index is 10.3. The molecule has 0 saturated heterocycles. The topological polar surface area (TPSA) is 116 Å². The van der Waals surface area contributed by atoms with Crippen molar-refractivity contribution in [1.82, 2.24) is 12.3 Å². The molecule has 0 aliphatic heterocycles. The number of rotatable bonds is 6. The lowest BCUT2D eigenvalue weighted by molar-refractivity contribution is 0.112. The number of carbonyl (C=O) groups is 1. The van der Waals surface area contributed by atoms with E-state index in [4.69, 9.17) is 5.73 Å². The number of nitrogens with zero attached hydrogens (tertiary/aromatic N) is 1. The maximum atomic E-state index is 10.3. The van der Waals surface area contributed by atoms with Crippen LogP contribution >= 0.6 is 0 Å². The molecule has 0 heterocycles. The molecule has 0 atom stereocenters. The summed E-state index contributed by atoms with van der Waals surface area (Å²) in [6.45, 7) is 18.7. The van der Waals surface area contributed by atoms with E-state index >= 15 is 0 Å². The summed E-state index contributed by atoms with van der Waals surface area (Å²) in [7, 11) is 0. The molecule has 7 rings (SSSR count). The summed E-state index contributed by atoms with van der Waals surface area (Å²) in [5, 5.41) is 0. The van der Waals surface area contributed by atoms with Gasteiger partial charge in [-0.2, -0.15) is 0 Å². The first-order chi connectivity index (χ1) is 27.3. The second-order valence-corrected chi connectivity index (χ2v) is 14.8. The van der Waals surface area contributed by atoms with Crippen molar-refractivity contribution < 1.29 is 4.79 Å². The number of hydrogen-bond acceptors (Lipinski definition) is 5. The van der Waals surface area contributed by atoms with E-state index in [0.717, 1.165) is 40.2 Å². The molecule has 5 nitrogen and oxygen atoms in total. The highest BCUT2D eigenvalue weighted by Gasteiger charge is 2.12. The van der Waals surface area contributed by atoms with Crippen LogP contribution in [0.4, 0.5) is 22.7 Å². The van der Waals surface area contributed by atoms with Crippen molar-refractivity contribution in [3.8, 4) is 0 Å². The Morgan fingerprint density at radius 3 is 1.02 bits per heavy atom. The summed E-state index contributed by atoms with van der Waals surface area (Å²) in [6.07, 6.45) is 5.26. The van der Waals surface area contributed by atoms with Crippen molar-refractivity contribution in [2.24, 2.45) is 0 Å². The molecule has 0 radical (unpaired) electrons. The molecule has 0 amide bonds. The fraction of sp³-hybridized carbons (Fsp3) is 0.167. The van der Waals surface area contributed by atoms with Gasteiger partial charge in [-0.1, -0.05) is 160 Å². The third-order valence-electron chi connectivity index (χ3n) is 9.46. The van der Waals surface area contributed by atoms with E-state index in [1.54, 1.807) is 0 Å². The normalized spacial score (nSPS) is 9.92. The Kier molecular flexibility index (Phi) is 20.0. The molecule has 0 aliphatic carbocycles. The lowest BCUT2D eigenvalue weighted by atomic mass is 10.0. The second kappa shape index (κ2) is 24.3. The van der Waals surface area contributed by atoms with Gasteiger partial charge in [-0.05, 0) is 133 Å². The minimum Gasteiger partial charge on any atom is -0.399 e. The summed E-state index contributed by atoms with van der Waals surface area (Å²) in [6, 6.07) is 54.8. The molecule has 7 aromatic rings. The van der Waals surface area contributed by atoms with E-state index in [1.807, 2.05) is 63.2 Å². The lowest BCUT2D eigenvalue weighted by Crippen LogP contribution is -2.09. The van der Waals surface area contributed by atoms with E-state index in [2.05, 4.69) is 174 Å². The van der Waals surface area contributed by atoms with Gasteiger partial charge in [0.25, 0.3) is 0 Å². The van der Waals surface area contributed by atoms with Gasteiger partial charge in [0.15, 0.2) is 0 Å². The van der Waals surface area contributed by atoms with Crippen LogP contribution in [0.3, 0.4) is 0 Å². The van der Waals surface area contributed by atoms with E-state index < -0.39 is 0 Å². The van der Waals surface area contributed by atoms with Crippen LogP contribution in [0, 0.1) is 62.3 Å². The molecule has 0 unspecified atom stereocenters. The van der Waals surface area contributed by atoms with Crippen molar-refractivity contribution in [3.05, 3.63) is 224 Å². The fourth-order valence-electron chi connectivity index (χ4n) is 5.93. The SMILES string of the molecule is Cc1ccc(C)cc1.Cc1ccc(C=O)c(C)c1.Cc1ccc(N(c2ccc(C)cc2)c2ccc(C=Cc3ccc(C)cc3C)cc2)cc1.Cc1ccc(N)cc1.N.N. The molecule has 306 valence electrons. The maximum Gasteiger partial charge on any atom is 0.150 e. The van der Waals surface area contributed by atoms with E-state index in [0.29, 0.717) is 0 Å². The summed E-state index contributed by atoms with van der Waals surface area (Å²) in [4.78, 5) is 12.6. The summed E-state index contributed by atoms with van der Waals surface area (Å²) < 4.78 is 0. The Hall–Kier alpha value is -6.53. The first-order valence-electron chi connectivity index (χ1n) is 19.5. The van der Waals surface area contributed by atoms with Crippen molar-refractivity contribution in [2.45, 2.75) is 62.3 Å². The van der Waals surface area contributed by atoms with Crippen molar-refractivity contribution in [1.29, 1.82) is 0 Å². The molecule has 0 saturated carbocycles. The third-order valence-corrected chi connectivity index (χ3v) is 9.46. The number of anilines is 4. The average Bonchev–Trinajstić information content (AvgIpc) is 3.20. The van der Waals surface area contributed by atoms with Gasteiger partial charge in [-0.15, -0.1) is 0 Å². The Morgan fingerprint density at radius 1 is 0.373 bits per heavy atom. The molecular weight excluding hydrogens is 721 g/mol. The minimum atomic E-state index is 0. The minimum absolute atomic E-state index is 0. The standard InChI is InChI=1S/C30H29N.C9H10O.C8H10.C7H9N.2H3N/c1-22-6-15-28(16-7-22)31(29-17-8-23(2)9-18-29)30-19-11-26(12-20-30)10-14-27-13-5-24(3)21-25(27)4;1-7-3-4-9(6-10)8(2)5-7;1-7-3-5-8(2)6-4-7;1-6-2-4-7(8)5-3-6;;/h5-21H,1-4H3;3-6H,1-2H3;3-6H,1-2H3;2-5H,8H2,1H3;2*1H3. The summed E-state index contributed by atoms with van der Waals surface area (Å²) in [5.41, 5.74) is 24.2. The zero-order chi connectivity index (χ0) is 41.3. The van der Waals surface area contributed by atoms with Crippen LogP contribution < -0.4 is 22.9 Å². The fourth-order valence-corrected chi connectivity index (χ4v) is 5.93. The van der Waals surface area contributed by atoms with E-state index in [9.17, 15) is 4.79 Å². The van der Waals surface area contributed by atoms with Gasteiger partial charge in [-0.3, -0.25) is 4.79 Å². The van der Waals surface area contributed by atoms with Crippen LogP contribution in [-0.4, -0.2) is 6.29 Å². The van der Waals surface area contributed by atoms with Crippen LogP contribution in [0.5, 0.6) is 0 Å². The second-order valence-electron chi connectivity index (χ2n) is 14.8. The molecule has 7 aromatic carbocycles. The summed E-state index contributed by atoms with van der Waals surface area (Å²) >= 11 is 0. The van der Waals surface area contributed by atoms with Crippen molar-refractivity contribution in [2.75, 3.05) is 10.6 Å². The quantitative estimate of drug-likeness (QED) is 0.0882. The van der Waals surface area contributed by atoms with Gasteiger partial charge in [0.05, 0.1) is 0 Å². The third kappa shape index (κ3) is 16.1. The van der Waals surface area contributed by atoms with Crippen LogP contribution in [0.25, 0.3) is 12.2 Å². The predicted octanol–water partition coefficient (Wildman–Crippen LogP) is 14.9. The van der Waals surface area contributed by atoms with Crippen LogP contribution in [0.2, 0.25) is 0 Å². The van der Waals surface area contributed by atoms with Gasteiger partial charge < -0.3 is 22.9 Å². The highest BCUT2D eigenvalue weighted by molar-refractivity contribution is 5.79. The number of carbonyl (C=O) groups excluding carboxylic acids is 1. The molecule has 0 aromatic heterocycles. The van der Waals surface area contributed by atoms with Crippen molar-refractivity contribution in [3.63, 3.8) is 0 Å². The number of aldehydes is 1. The zero-order valence-corrected chi connectivity index (χ0v) is 36.6.